The van der Waals surface area contributed by atoms with E-state index in [1.807, 2.05) is 18.0 Å². The minimum Gasteiger partial charge on any atom is -0.372 e. The SMILES string of the molecule is C=C1CCCC(=O)N1.Cc1ccc2c(c1)CCC(c1ccccc1)C2c1ccc(N2CCC(CN3CCN(c4ccc5c(c4)CN(C)C5=O)CC3)CC2)cc1. The molecule has 55 heavy (non-hydrogen) atoms. The van der Waals surface area contributed by atoms with Crippen LogP contribution in [0.25, 0.3) is 0 Å². The zero-order valence-corrected chi connectivity index (χ0v) is 32.8. The molecule has 2 unspecified atom stereocenters. The van der Waals surface area contributed by atoms with Gasteiger partial charge in [-0.3, -0.25) is 14.5 Å². The molecule has 1 aliphatic carbocycles. The zero-order chi connectivity index (χ0) is 37.9. The summed E-state index contributed by atoms with van der Waals surface area (Å²) in [5, 5.41) is 2.65. The van der Waals surface area contributed by atoms with E-state index in [1.165, 1.54) is 70.6 Å². The van der Waals surface area contributed by atoms with Crippen molar-refractivity contribution in [1.29, 1.82) is 0 Å². The number of allylic oxidation sites excluding steroid dienone is 1. The summed E-state index contributed by atoms with van der Waals surface area (Å²) in [5.74, 6) is 1.94. The lowest BCUT2D eigenvalue weighted by Crippen LogP contribution is -2.49. The highest BCUT2D eigenvalue weighted by atomic mass is 16.2. The molecule has 4 aromatic carbocycles. The van der Waals surface area contributed by atoms with Gasteiger partial charge < -0.3 is 20.0 Å². The number of carbonyl (C=O) groups excluding carboxylic acids is 2. The van der Waals surface area contributed by atoms with Gasteiger partial charge in [0, 0.05) is 94.4 Å². The third-order valence-corrected chi connectivity index (χ3v) is 12.7. The maximum absolute atomic E-state index is 12.3. The number of hydrogen-bond acceptors (Lipinski definition) is 5. The monoisotopic (exact) mass is 735 g/mol. The number of amides is 2. The van der Waals surface area contributed by atoms with Crippen LogP contribution < -0.4 is 15.1 Å². The lowest BCUT2D eigenvalue weighted by Gasteiger charge is -2.40. The van der Waals surface area contributed by atoms with Crippen LogP contribution in [0.15, 0.2) is 103 Å². The van der Waals surface area contributed by atoms with Gasteiger partial charge in [-0.25, -0.2) is 0 Å². The molecule has 3 fully saturated rings. The molecule has 0 spiro atoms. The first-order valence-electron chi connectivity index (χ1n) is 20.6. The molecule has 4 aliphatic heterocycles. The van der Waals surface area contributed by atoms with E-state index in [2.05, 4.69) is 118 Å². The van der Waals surface area contributed by atoms with Gasteiger partial charge in [-0.1, -0.05) is 72.8 Å². The van der Waals surface area contributed by atoms with E-state index in [0.29, 0.717) is 18.3 Å². The number of fused-ring (bicyclic) bond motifs is 2. The third-order valence-electron chi connectivity index (χ3n) is 12.7. The van der Waals surface area contributed by atoms with Crippen molar-refractivity contribution in [1.82, 2.24) is 15.1 Å². The maximum atomic E-state index is 12.3. The number of benzene rings is 4. The molecular weight excluding hydrogens is 679 g/mol. The van der Waals surface area contributed by atoms with Gasteiger partial charge in [0.05, 0.1) is 0 Å². The minimum absolute atomic E-state index is 0.112. The second kappa shape index (κ2) is 16.5. The van der Waals surface area contributed by atoms with E-state index in [-0.39, 0.29) is 11.8 Å². The molecule has 7 heteroatoms. The van der Waals surface area contributed by atoms with Gasteiger partial charge >= 0.3 is 0 Å². The Hall–Kier alpha value is -4.88. The van der Waals surface area contributed by atoms with Crippen LogP contribution in [0.1, 0.15) is 94.1 Å². The number of nitrogens with one attached hydrogen (secondary N) is 1. The summed E-state index contributed by atoms with van der Waals surface area (Å²) in [5.41, 5.74) is 12.9. The third kappa shape index (κ3) is 8.37. The molecule has 3 saturated heterocycles. The molecule has 1 N–H and O–H groups in total. The minimum atomic E-state index is 0.112. The first-order valence-corrected chi connectivity index (χ1v) is 20.6. The number of anilines is 2. The fraction of sp³-hybridized carbons (Fsp3) is 0.417. The summed E-state index contributed by atoms with van der Waals surface area (Å²) in [6.07, 6.45) is 7.46. The van der Waals surface area contributed by atoms with Crippen molar-refractivity contribution in [2.75, 3.05) is 62.7 Å². The highest BCUT2D eigenvalue weighted by Crippen LogP contribution is 2.46. The molecule has 5 aliphatic rings. The molecule has 0 saturated carbocycles. The van der Waals surface area contributed by atoms with E-state index in [0.717, 1.165) is 82.3 Å². The summed E-state index contributed by atoms with van der Waals surface area (Å²) >= 11 is 0. The molecule has 0 bridgehead atoms. The largest absolute Gasteiger partial charge is 0.372 e. The quantitative estimate of drug-likeness (QED) is 0.216. The number of rotatable bonds is 6. The van der Waals surface area contributed by atoms with Crippen LogP contribution in [0, 0.1) is 12.8 Å². The molecular formula is C48H57N5O2. The van der Waals surface area contributed by atoms with E-state index >= 15 is 0 Å². The topological polar surface area (TPSA) is 59.1 Å². The predicted octanol–water partition coefficient (Wildman–Crippen LogP) is 8.28. The maximum Gasteiger partial charge on any atom is 0.254 e. The van der Waals surface area contributed by atoms with Gasteiger partial charge in [0.1, 0.15) is 0 Å². The van der Waals surface area contributed by atoms with E-state index < -0.39 is 0 Å². The van der Waals surface area contributed by atoms with Gasteiger partial charge in [0.25, 0.3) is 5.91 Å². The number of nitrogens with zero attached hydrogens (tertiary/aromatic N) is 4. The van der Waals surface area contributed by atoms with Crippen molar-refractivity contribution < 1.29 is 9.59 Å². The predicted molar refractivity (Wildman–Crippen MR) is 224 cm³/mol. The van der Waals surface area contributed by atoms with Crippen molar-refractivity contribution in [3.05, 3.63) is 142 Å². The summed E-state index contributed by atoms with van der Waals surface area (Å²) in [6.45, 7) is 14.4. The van der Waals surface area contributed by atoms with E-state index in [9.17, 15) is 9.59 Å². The van der Waals surface area contributed by atoms with Gasteiger partial charge in [-0.05, 0) is 115 Å². The van der Waals surface area contributed by atoms with Gasteiger partial charge in [-0.15, -0.1) is 0 Å². The first-order chi connectivity index (χ1) is 26.8. The average molecular weight is 736 g/mol. The van der Waals surface area contributed by atoms with Crippen molar-refractivity contribution in [3.8, 4) is 0 Å². The fourth-order valence-electron chi connectivity index (χ4n) is 9.67. The van der Waals surface area contributed by atoms with Crippen LogP contribution in [0.2, 0.25) is 0 Å². The molecule has 4 heterocycles. The number of piperazine rings is 1. The second-order valence-corrected chi connectivity index (χ2v) is 16.6. The lowest BCUT2D eigenvalue weighted by atomic mass is 9.69. The highest BCUT2D eigenvalue weighted by Gasteiger charge is 2.33. The van der Waals surface area contributed by atoms with Gasteiger partial charge in [0.2, 0.25) is 5.91 Å². The van der Waals surface area contributed by atoms with Crippen LogP contribution in [-0.4, -0.2) is 74.5 Å². The Labute approximate surface area is 328 Å². The first kappa shape index (κ1) is 37.1. The Morgan fingerprint density at radius 1 is 0.709 bits per heavy atom. The normalized spacial score (nSPS) is 21.8. The second-order valence-electron chi connectivity index (χ2n) is 16.6. The van der Waals surface area contributed by atoms with Crippen molar-refractivity contribution >= 4 is 23.2 Å². The number of hydrogen-bond donors (Lipinski definition) is 1. The Morgan fingerprint density at radius 3 is 2.15 bits per heavy atom. The highest BCUT2D eigenvalue weighted by molar-refractivity contribution is 5.98. The summed E-state index contributed by atoms with van der Waals surface area (Å²) in [4.78, 5) is 32.4. The molecule has 2 atom stereocenters. The van der Waals surface area contributed by atoms with Crippen molar-refractivity contribution in [2.24, 2.45) is 5.92 Å². The van der Waals surface area contributed by atoms with Gasteiger partial charge in [-0.2, -0.15) is 0 Å². The van der Waals surface area contributed by atoms with Crippen LogP contribution in [-0.2, 0) is 17.8 Å². The Morgan fingerprint density at radius 2 is 1.44 bits per heavy atom. The average Bonchev–Trinajstić information content (AvgIpc) is 3.50. The van der Waals surface area contributed by atoms with Crippen LogP contribution in [0.4, 0.5) is 11.4 Å². The van der Waals surface area contributed by atoms with Crippen LogP contribution in [0.3, 0.4) is 0 Å². The summed E-state index contributed by atoms with van der Waals surface area (Å²) < 4.78 is 0. The molecule has 7 nitrogen and oxygen atoms in total. The van der Waals surface area contributed by atoms with Crippen molar-refractivity contribution in [2.45, 2.75) is 70.3 Å². The smallest absolute Gasteiger partial charge is 0.254 e. The summed E-state index contributed by atoms with van der Waals surface area (Å²) in [7, 11) is 1.89. The van der Waals surface area contributed by atoms with Gasteiger partial charge in [0.15, 0.2) is 0 Å². The molecule has 0 radical (unpaired) electrons. The number of piperidine rings is 2. The van der Waals surface area contributed by atoms with E-state index in [1.54, 1.807) is 0 Å². The number of carbonyl (C=O) groups is 2. The molecule has 4 aromatic rings. The van der Waals surface area contributed by atoms with E-state index in [4.69, 9.17) is 0 Å². The Bertz CT molecular complexity index is 1980. The van der Waals surface area contributed by atoms with Crippen molar-refractivity contribution in [3.63, 3.8) is 0 Å². The van der Waals surface area contributed by atoms with Crippen LogP contribution in [0.5, 0.6) is 0 Å². The number of aryl methyl sites for hydroxylation is 2. The standard InChI is InChI=1S/C42H48N4O.C6H9NO/c1-30-8-15-39-34(26-30)11-16-38(32-6-4-3-5-7-32)41(39)33-9-12-36(13-10-33)45-20-18-31(19-21-45)28-44-22-24-46(25-23-44)37-14-17-40-35(27-37)29-43(2)42(40)47;1-5-3-2-4-6(8)7-5/h3-10,12-15,17,26-27,31,38,41H,11,16,18-25,28-29H2,1-2H3;1-4H2,(H,7,8). The fourth-order valence-corrected chi connectivity index (χ4v) is 9.67. The molecule has 9 rings (SSSR count). The van der Waals surface area contributed by atoms with Crippen LogP contribution >= 0.6 is 0 Å². The molecule has 2 amide bonds. The summed E-state index contributed by atoms with van der Waals surface area (Å²) in [6, 6.07) is 34.4. The Kier molecular flexibility index (Phi) is 11.1. The molecule has 286 valence electrons. The lowest BCUT2D eigenvalue weighted by molar-refractivity contribution is -0.121. The Balaban J connectivity index is 0.000000477. The molecule has 0 aromatic heterocycles. The zero-order valence-electron chi connectivity index (χ0n) is 32.8.